The molecule has 0 aliphatic heterocycles. The van der Waals surface area contributed by atoms with Crippen molar-refractivity contribution >= 4 is 35.2 Å². The van der Waals surface area contributed by atoms with Crippen LogP contribution in [0.2, 0.25) is 0 Å². The van der Waals surface area contributed by atoms with Gasteiger partial charge >= 0.3 is 5.97 Å². The number of aryl methyl sites for hydroxylation is 1. The Morgan fingerprint density at radius 1 is 1.00 bits per heavy atom. The maximum Gasteiger partial charge on any atom is 0.339 e. The highest BCUT2D eigenvalue weighted by atomic mass is 32.2. The van der Waals surface area contributed by atoms with Gasteiger partial charge in [-0.25, -0.2) is 9.48 Å². The second-order valence-electron chi connectivity index (χ2n) is 7.92. The molecule has 0 atom stereocenters. The first-order chi connectivity index (χ1) is 16.3. The molecule has 2 amide bonds. The molecular weight excluding hydrogens is 452 g/mol. The number of para-hydroxylation sites is 1. The molecule has 1 heterocycles. The number of rotatable bonds is 9. The number of carbonyl (C=O) groups is 3. The first kappa shape index (κ1) is 25.0. The van der Waals surface area contributed by atoms with Gasteiger partial charge in [0.25, 0.3) is 5.91 Å². The molecule has 0 saturated heterocycles. The normalized spacial score (nSPS) is 10.7. The molecule has 0 saturated carbocycles. The van der Waals surface area contributed by atoms with Crippen LogP contribution in [0.15, 0.2) is 59.5 Å². The number of hydrogen-bond acceptors (Lipinski definition) is 6. The second-order valence-corrected chi connectivity index (χ2v) is 8.94. The summed E-state index contributed by atoms with van der Waals surface area (Å²) in [5.74, 6) is -1.04. The Labute approximate surface area is 203 Å². The number of amides is 2. The first-order valence-electron chi connectivity index (χ1n) is 10.9. The molecule has 178 valence electrons. The summed E-state index contributed by atoms with van der Waals surface area (Å²) < 4.78 is 7.00. The molecule has 3 rings (SSSR count). The Hall–Kier alpha value is -3.59. The van der Waals surface area contributed by atoms with Crippen molar-refractivity contribution in [3.05, 3.63) is 71.5 Å². The zero-order chi connectivity index (χ0) is 24.7. The standard InChI is InChI=1S/C25H28N4O4S/c1-16(2)26-23(31)15-34-21-13-9-8-12-20(21)25(32)33-14-22(30)27-24-17(3)28-29(18(24)4)19-10-6-5-7-11-19/h5-13,16H,14-15H2,1-4H3,(H,26,31)(H,27,30). The minimum Gasteiger partial charge on any atom is -0.452 e. The topological polar surface area (TPSA) is 102 Å². The average Bonchev–Trinajstić information content (AvgIpc) is 3.10. The van der Waals surface area contributed by atoms with Gasteiger partial charge in [0.15, 0.2) is 6.61 Å². The molecule has 2 aromatic carbocycles. The Balaban J connectivity index is 1.61. The lowest BCUT2D eigenvalue weighted by Crippen LogP contribution is -2.31. The number of esters is 1. The Morgan fingerprint density at radius 2 is 1.68 bits per heavy atom. The fraction of sp³-hybridized carbons (Fsp3) is 0.280. The summed E-state index contributed by atoms with van der Waals surface area (Å²) in [5.41, 5.74) is 3.19. The maximum atomic E-state index is 12.6. The molecule has 0 aliphatic rings. The lowest BCUT2D eigenvalue weighted by Gasteiger charge is -2.11. The van der Waals surface area contributed by atoms with E-state index in [0.29, 0.717) is 21.8 Å². The predicted molar refractivity (Wildman–Crippen MR) is 132 cm³/mol. The fourth-order valence-corrected chi connectivity index (χ4v) is 4.15. The van der Waals surface area contributed by atoms with Gasteiger partial charge in [0.05, 0.1) is 34.1 Å². The molecule has 1 aromatic heterocycles. The van der Waals surface area contributed by atoms with Crippen molar-refractivity contribution in [2.45, 2.75) is 38.6 Å². The van der Waals surface area contributed by atoms with E-state index in [1.807, 2.05) is 51.1 Å². The number of nitrogens with one attached hydrogen (secondary N) is 2. The van der Waals surface area contributed by atoms with E-state index in [9.17, 15) is 14.4 Å². The van der Waals surface area contributed by atoms with Crippen molar-refractivity contribution in [2.75, 3.05) is 17.7 Å². The monoisotopic (exact) mass is 480 g/mol. The smallest absolute Gasteiger partial charge is 0.339 e. The number of nitrogens with zero attached hydrogens (tertiary/aromatic N) is 2. The van der Waals surface area contributed by atoms with Gasteiger partial charge in [-0.2, -0.15) is 5.10 Å². The van der Waals surface area contributed by atoms with E-state index in [0.717, 1.165) is 11.4 Å². The van der Waals surface area contributed by atoms with Crippen molar-refractivity contribution in [1.82, 2.24) is 15.1 Å². The van der Waals surface area contributed by atoms with Gasteiger partial charge in [-0.15, -0.1) is 11.8 Å². The number of thioether (sulfide) groups is 1. The van der Waals surface area contributed by atoms with E-state index >= 15 is 0 Å². The quantitative estimate of drug-likeness (QED) is 0.356. The van der Waals surface area contributed by atoms with Crippen molar-refractivity contribution < 1.29 is 19.1 Å². The molecule has 34 heavy (non-hydrogen) atoms. The molecule has 0 spiro atoms. The highest BCUT2D eigenvalue weighted by Gasteiger charge is 2.18. The lowest BCUT2D eigenvalue weighted by atomic mass is 10.2. The maximum absolute atomic E-state index is 12.6. The third kappa shape index (κ3) is 6.48. The van der Waals surface area contributed by atoms with Crippen molar-refractivity contribution in [2.24, 2.45) is 0 Å². The van der Waals surface area contributed by atoms with Gasteiger partial charge in [0.2, 0.25) is 5.91 Å². The van der Waals surface area contributed by atoms with Gasteiger partial charge < -0.3 is 15.4 Å². The number of anilines is 1. The molecule has 2 N–H and O–H groups in total. The van der Waals surface area contributed by atoms with Crippen LogP contribution in [-0.2, 0) is 14.3 Å². The molecule has 9 heteroatoms. The predicted octanol–water partition coefficient (Wildman–Crippen LogP) is 3.90. The van der Waals surface area contributed by atoms with Gasteiger partial charge in [-0.3, -0.25) is 9.59 Å². The Morgan fingerprint density at radius 3 is 2.38 bits per heavy atom. The minimum absolute atomic E-state index is 0.0406. The summed E-state index contributed by atoms with van der Waals surface area (Å²) in [4.78, 5) is 37.7. The summed E-state index contributed by atoms with van der Waals surface area (Å²) in [7, 11) is 0. The first-order valence-corrected chi connectivity index (χ1v) is 11.8. The van der Waals surface area contributed by atoms with Crippen LogP contribution in [0.3, 0.4) is 0 Å². The molecule has 0 unspecified atom stereocenters. The van der Waals surface area contributed by atoms with E-state index in [-0.39, 0.29) is 17.7 Å². The number of ether oxygens (including phenoxy) is 1. The highest BCUT2D eigenvalue weighted by molar-refractivity contribution is 8.00. The zero-order valence-corrected chi connectivity index (χ0v) is 20.4. The average molecular weight is 481 g/mol. The van der Waals surface area contributed by atoms with Crippen LogP contribution in [0.4, 0.5) is 5.69 Å². The largest absolute Gasteiger partial charge is 0.452 e. The van der Waals surface area contributed by atoms with Crippen LogP contribution in [0.1, 0.15) is 35.6 Å². The van der Waals surface area contributed by atoms with E-state index in [1.54, 1.807) is 35.9 Å². The number of benzene rings is 2. The summed E-state index contributed by atoms with van der Waals surface area (Å²) in [6, 6.07) is 16.5. The van der Waals surface area contributed by atoms with Crippen molar-refractivity contribution in [3.8, 4) is 5.69 Å². The van der Waals surface area contributed by atoms with Crippen LogP contribution in [0, 0.1) is 13.8 Å². The van der Waals surface area contributed by atoms with Crippen LogP contribution in [0.5, 0.6) is 0 Å². The summed E-state index contributed by atoms with van der Waals surface area (Å²) >= 11 is 1.24. The van der Waals surface area contributed by atoms with E-state index in [4.69, 9.17) is 4.74 Å². The second kappa shape index (κ2) is 11.5. The Kier molecular flexibility index (Phi) is 8.48. The van der Waals surface area contributed by atoms with Crippen LogP contribution < -0.4 is 10.6 Å². The summed E-state index contributed by atoms with van der Waals surface area (Å²) in [5, 5.41) is 10.1. The van der Waals surface area contributed by atoms with Crippen molar-refractivity contribution in [3.63, 3.8) is 0 Å². The number of carbonyl (C=O) groups excluding carboxylic acids is 3. The molecule has 0 bridgehead atoms. The van der Waals surface area contributed by atoms with Crippen molar-refractivity contribution in [1.29, 1.82) is 0 Å². The van der Waals surface area contributed by atoms with E-state index in [2.05, 4.69) is 15.7 Å². The van der Waals surface area contributed by atoms with Gasteiger partial charge in [-0.1, -0.05) is 30.3 Å². The minimum atomic E-state index is -0.629. The summed E-state index contributed by atoms with van der Waals surface area (Å²) in [6.45, 7) is 6.98. The lowest BCUT2D eigenvalue weighted by molar-refractivity contribution is -0.119. The SMILES string of the molecule is Cc1nn(-c2ccccc2)c(C)c1NC(=O)COC(=O)c1ccccc1SCC(=O)NC(C)C. The van der Waals surface area contributed by atoms with E-state index in [1.165, 1.54) is 11.8 Å². The van der Waals surface area contributed by atoms with E-state index < -0.39 is 18.5 Å². The molecule has 0 aliphatic carbocycles. The molecular formula is C25H28N4O4S. The van der Waals surface area contributed by atoms with Crippen LogP contribution >= 0.6 is 11.8 Å². The highest BCUT2D eigenvalue weighted by Crippen LogP contribution is 2.24. The van der Waals surface area contributed by atoms with Gasteiger partial charge in [-0.05, 0) is 52.0 Å². The molecule has 0 radical (unpaired) electrons. The van der Waals surface area contributed by atoms with Crippen LogP contribution in [0.25, 0.3) is 5.69 Å². The number of aromatic nitrogens is 2. The third-order valence-corrected chi connectivity index (χ3v) is 5.88. The third-order valence-electron chi connectivity index (χ3n) is 4.81. The van der Waals surface area contributed by atoms with Crippen LogP contribution in [-0.4, -0.2) is 46.0 Å². The Bertz CT molecular complexity index is 1170. The zero-order valence-electron chi connectivity index (χ0n) is 19.6. The molecule has 3 aromatic rings. The summed E-state index contributed by atoms with van der Waals surface area (Å²) in [6.07, 6.45) is 0. The fourth-order valence-electron chi connectivity index (χ4n) is 3.30. The molecule has 8 nitrogen and oxygen atoms in total. The van der Waals surface area contributed by atoms with Gasteiger partial charge in [0.1, 0.15) is 0 Å². The number of hydrogen-bond donors (Lipinski definition) is 2. The van der Waals surface area contributed by atoms with Gasteiger partial charge in [0, 0.05) is 10.9 Å². The molecule has 0 fully saturated rings.